The third-order valence-corrected chi connectivity index (χ3v) is 2.19. The van der Waals surface area contributed by atoms with Gasteiger partial charge in [-0.05, 0) is 6.07 Å². The topological polar surface area (TPSA) is 85.3 Å². The quantitative estimate of drug-likeness (QED) is 0.848. The number of carbonyl (C=O) groups is 1. The monoisotopic (exact) mass is 274 g/mol. The van der Waals surface area contributed by atoms with Gasteiger partial charge in [-0.3, -0.25) is 0 Å². The van der Waals surface area contributed by atoms with Gasteiger partial charge < -0.3 is 15.2 Å². The van der Waals surface area contributed by atoms with Gasteiger partial charge in [-0.2, -0.15) is 5.26 Å². The van der Waals surface area contributed by atoms with Crippen molar-refractivity contribution in [2.75, 3.05) is 7.11 Å². The number of esters is 1. The van der Waals surface area contributed by atoms with Crippen molar-refractivity contribution >= 4 is 5.97 Å². The lowest BCUT2D eigenvalue weighted by atomic mass is 10.0. The third kappa shape index (κ3) is 3.35. The summed E-state index contributed by atoms with van der Waals surface area (Å²) in [4.78, 5) is 11.5. The summed E-state index contributed by atoms with van der Waals surface area (Å²) in [5.74, 6) is -1.91. The number of alkyl halides is 3. The molecule has 0 aromatic heterocycles. The molecule has 0 amide bonds. The minimum Gasteiger partial charge on any atom is -0.465 e. The fraction of sp³-hybridized carbons (Fsp3) is 0.273. The summed E-state index contributed by atoms with van der Waals surface area (Å²) in [5.41, 5.74) is 4.35. The van der Waals surface area contributed by atoms with Crippen molar-refractivity contribution < 1.29 is 27.4 Å². The van der Waals surface area contributed by atoms with Crippen molar-refractivity contribution in [1.82, 2.24) is 0 Å². The maximum Gasteiger partial charge on any atom is 0.573 e. The molecule has 8 heteroatoms. The van der Waals surface area contributed by atoms with Crippen molar-refractivity contribution in [1.29, 1.82) is 5.26 Å². The Balaban J connectivity index is 3.53. The Morgan fingerprint density at radius 1 is 1.47 bits per heavy atom. The van der Waals surface area contributed by atoms with Gasteiger partial charge in [0.2, 0.25) is 0 Å². The van der Waals surface area contributed by atoms with E-state index in [0.29, 0.717) is 0 Å². The lowest BCUT2D eigenvalue weighted by Crippen LogP contribution is -2.22. The minimum atomic E-state index is -5.01. The van der Waals surface area contributed by atoms with Crippen LogP contribution in [-0.2, 0) is 11.3 Å². The van der Waals surface area contributed by atoms with E-state index in [1.165, 1.54) is 12.1 Å². The van der Waals surface area contributed by atoms with E-state index in [1.54, 1.807) is 6.07 Å². The van der Waals surface area contributed by atoms with Gasteiger partial charge in [-0.1, -0.05) is 6.07 Å². The van der Waals surface area contributed by atoms with Crippen molar-refractivity contribution in [3.05, 3.63) is 28.8 Å². The first-order chi connectivity index (χ1) is 8.84. The van der Waals surface area contributed by atoms with E-state index in [0.717, 1.165) is 7.11 Å². The molecular weight excluding hydrogens is 265 g/mol. The summed E-state index contributed by atoms with van der Waals surface area (Å²) in [5, 5.41) is 8.82. The summed E-state index contributed by atoms with van der Waals surface area (Å²) in [6.45, 7) is -0.291. The number of rotatable bonds is 3. The Kier molecular flexibility index (Phi) is 4.34. The van der Waals surface area contributed by atoms with Crippen molar-refractivity contribution in [2.24, 2.45) is 5.73 Å². The number of carbonyl (C=O) groups excluding carboxylic acids is 1. The Morgan fingerprint density at radius 2 is 2.11 bits per heavy atom. The van der Waals surface area contributed by atoms with E-state index in [1.807, 2.05) is 0 Å². The number of hydrogen-bond acceptors (Lipinski definition) is 5. The van der Waals surface area contributed by atoms with Crippen LogP contribution in [0.25, 0.3) is 0 Å². The maximum absolute atomic E-state index is 12.3. The zero-order valence-electron chi connectivity index (χ0n) is 9.75. The van der Waals surface area contributed by atoms with Crippen LogP contribution in [0.4, 0.5) is 13.2 Å². The molecule has 0 unspecified atom stereocenters. The highest BCUT2D eigenvalue weighted by molar-refractivity contribution is 5.95. The van der Waals surface area contributed by atoms with Crippen LogP contribution in [0.15, 0.2) is 12.1 Å². The molecule has 2 N–H and O–H groups in total. The second-order valence-electron chi connectivity index (χ2n) is 3.33. The van der Waals surface area contributed by atoms with Gasteiger partial charge in [0.1, 0.15) is 17.4 Å². The van der Waals surface area contributed by atoms with Gasteiger partial charge in [0.15, 0.2) is 0 Å². The smallest absolute Gasteiger partial charge is 0.465 e. The van der Waals surface area contributed by atoms with Crippen LogP contribution in [0, 0.1) is 11.3 Å². The predicted octanol–water partition coefficient (Wildman–Crippen LogP) is 1.70. The highest BCUT2D eigenvalue weighted by Gasteiger charge is 2.35. The number of nitrogens with two attached hydrogens (primary N) is 1. The molecule has 1 aromatic carbocycles. The number of methoxy groups -OCH3 is 1. The molecule has 0 bridgehead atoms. The molecule has 1 aromatic rings. The molecule has 0 spiro atoms. The van der Waals surface area contributed by atoms with E-state index < -0.39 is 23.6 Å². The van der Waals surface area contributed by atoms with Gasteiger partial charge in [-0.15, -0.1) is 13.2 Å². The van der Waals surface area contributed by atoms with Gasteiger partial charge in [-0.25, -0.2) is 4.79 Å². The Labute approximate surface area is 106 Å². The standard InChI is InChI=1S/C11H9F3N2O3/c1-18-10(17)8-6(4-15)2-3-7(5-16)9(8)19-11(12,13)14/h2-3H,5,16H2,1H3. The van der Waals surface area contributed by atoms with Gasteiger partial charge in [0, 0.05) is 12.1 Å². The second kappa shape index (κ2) is 5.58. The summed E-state index contributed by atoms with van der Waals surface area (Å²) in [7, 11) is 0.982. The molecule has 0 saturated carbocycles. The first-order valence-electron chi connectivity index (χ1n) is 4.94. The highest BCUT2D eigenvalue weighted by Crippen LogP contribution is 2.32. The van der Waals surface area contributed by atoms with Crippen LogP contribution >= 0.6 is 0 Å². The Hall–Kier alpha value is -2.27. The van der Waals surface area contributed by atoms with Crippen LogP contribution in [0.5, 0.6) is 5.75 Å². The lowest BCUT2D eigenvalue weighted by Gasteiger charge is -2.16. The molecule has 0 saturated heterocycles. The number of ether oxygens (including phenoxy) is 2. The van der Waals surface area contributed by atoms with E-state index in [2.05, 4.69) is 9.47 Å². The maximum atomic E-state index is 12.3. The first kappa shape index (κ1) is 14.8. The molecule has 5 nitrogen and oxygen atoms in total. The SMILES string of the molecule is COC(=O)c1c(C#N)ccc(CN)c1OC(F)(F)F. The van der Waals surface area contributed by atoms with Crippen LogP contribution < -0.4 is 10.5 Å². The second-order valence-corrected chi connectivity index (χ2v) is 3.33. The molecule has 0 aliphatic heterocycles. The van der Waals surface area contributed by atoms with E-state index in [-0.39, 0.29) is 17.7 Å². The largest absolute Gasteiger partial charge is 0.573 e. The fourth-order valence-corrected chi connectivity index (χ4v) is 1.42. The molecular formula is C11H9F3N2O3. The molecule has 0 aliphatic carbocycles. The average Bonchev–Trinajstić information content (AvgIpc) is 2.35. The number of nitriles is 1. The molecule has 0 aliphatic rings. The molecule has 1 rings (SSSR count). The lowest BCUT2D eigenvalue weighted by molar-refractivity contribution is -0.275. The zero-order valence-corrected chi connectivity index (χ0v) is 9.75. The van der Waals surface area contributed by atoms with Crippen molar-refractivity contribution in [2.45, 2.75) is 12.9 Å². The van der Waals surface area contributed by atoms with Crippen LogP contribution in [0.2, 0.25) is 0 Å². The predicted molar refractivity (Wildman–Crippen MR) is 57.1 cm³/mol. The summed E-state index contributed by atoms with van der Waals surface area (Å²) >= 11 is 0. The Bertz CT molecular complexity index is 535. The van der Waals surface area contributed by atoms with Gasteiger partial charge in [0.25, 0.3) is 0 Å². The zero-order chi connectivity index (χ0) is 14.6. The number of benzene rings is 1. The molecule has 0 atom stereocenters. The highest BCUT2D eigenvalue weighted by atomic mass is 19.4. The molecule has 0 radical (unpaired) electrons. The van der Waals surface area contributed by atoms with Gasteiger partial charge >= 0.3 is 12.3 Å². The Morgan fingerprint density at radius 3 is 2.53 bits per heavy atom. The number of hydrogen-bond donors (Lipinski definition) is 1. The van der Waals surface area contributed by atoms with Crippen LogP contribution in [0.1, 0.15) is 21.5 Å². The number of nitrogens with zero attached hydrogens (tertiary/aromatic N) is 1. The summed E-state index contributed by atoms with van der Waals surface area (Å²) in [6, 6.07) is 3.96. The molecule has 102 valence electrons. The van der Waals surface area contributed by atoms with E-state index in [4.69, 9.17) is 11.0 Å². The van der Waals surface area contributed by atoms with Crippen LogP contribution in [0.3, 0.4) is 0 Å². The normalized spacial score (nSPS) is 10.7. The third-order valence-electron chi connectivity index (χ3n) is 2.19. The van der Waals surface area contributed by atoms with Crippen molar-refractivity contribution in [3.63, 3.8) is 0 Å². The van der Waals surface area contributed by atoms with E-state index >= 15 is 0 Å². The molecule has 19 heavy (non-hydrogen) atoms. The van der Waals surface area contributed by atoms with Crippen molar-refractivity contribution in [3.8, 4) is 11.8 Å². The molecule has 0 fully saturated rings. The van der Waals surface area contributed by atoms with Gasteiger partial charge in [0.05, 0.1) is 12.7 Å². The first-order valence-corrected chi connectivity index (χ1v) is 4.94. The summed E-state index contributed by atoms with van der Waals surface area (Å²) < 4.78 is 45.2. The number of halogens is 3. The summed E-state index contributed by atoms with van der Waals surface area (Å²) in [6.07, 6.45) is -5.01. The van der Waals surface area contributed by atoms with Crippen LogP contribution in [-0.4, -0.2) is 19.4 Å². The van der Waals surface area contributed by atoms with E-state index in [9.17, 15) is 18.0 Å². The fourth-order valence-electron chi connectivity index (χ4n) is 1.42. The molecule has 0 heterocycles. The average molecular weight is 274 g/mol. The minimum absolute atomic E-state index is 0.0586.